The van der Waals surface area contributed by atoms with Gasteiger partial charge in [-0.1, -0.05) is 31.8 Å². The smallest absolute Gasteiger partial charge is 0.333 e. The maximum absolute atomic E-state index is 11.7. The minimum Gasteiger partial charge on any atom is -0.463 e. The van der Waals surface area contributed by atoms with E-state index in [4.69, 9.17) is 4.74 Å². The topological polar surface area (TPSA) is 26.3 Å². The molecule has 86 valence electrons. The molecule has 0 aliphatic heterocycles. The summed E-state index contributed by atoms with van der Waals surface area (Å²) >= 11 is 0. The number of rotatable bonds is 3. The summed E-state index contributed by atoms with van der Waals surface area (Å²) in [6.45, 7) is 4.28. The molecule has 0 saturated heterocycles. The Morgan fingerprint density at radius 3 is 2.33 bits per heavy atom. The molecule has 0 radical (unpaired) electrons. The van der Waals surface area contributed by atoms with Crippen LogP contribution in [0, 0.1) is 5.92 Å². The molecule has 0 atom stereocenters. The standard InChI is InChI=1S/C13H22O2/c1-3-12(13(14)15-4-2)11-9-7-5-6-8-10-11/h3,11H,4-10H2,1-2H3. The average Bonchev–Trinajstić information content (AvgIpc) is 2.48. The van der Waals surface area contributed by atoms with E-state index in [1.165, 1.54) is 25.7 Å². The molecule has 2 heteroatoms. The average molecular weight is 210 g/mol. The maximum atomic E-state index is 11.7. The SMILES string of the molecule is CC=C(C(=O)OCC)C1CCCCCC1. The van der Waals surface area contributed by atoms with Crippen molar-refractivity contribution in [3.05, 3.63) is 11.6 Å². The van der Waals surface area contributed by atoms with Gasteiger partial charge in [-0.3, -0.25) is 0 Å². The zero-order chi connectivity index (χ0) is 11.1. The number of ether oxygens (including phenoxy) is 1. The van der Waals surface area contributed by atoms with Crippen LogP contribution in [0.4, 0.5) is 0 Å². The van der Waals surface area contributed by atoms with E-state index >= 15 is 0 Å². The highest BCUT2D eigenvalue weighted by Gasteiger charge is 2.22. The van der Waals surface area contributed by atoms with Gasteiger partial charge in [-0.2, -0.15) is 0 Å². The molecule has 0 bridgehead atoms. The number of esters is 1. The highest BCUT2D eigenvalue weighted by Crippen LogP contribution is 2.29. The summed E-state index contributed by atoms with van der Waals surface area (Å²) in [6.07, 6.45) is 9.38. The lowest BCUT2D eigenvalue weighted by Crippen LogP contribution is -2.15. The summed E-state index contributed by atoms with van der Waals surface area (Å²) in [5.74, 6) is 0.337. The first-order valence-electron chi connectivity index (χ1n) is 6.13. The minimum atomic E-state index is -0.105. The second-order valence-corrected chi connectivity index (χ2v) is 4.15. The predicted octanol–water partition coefficient (Wildman–Crippen LogP) is 3.47. The van der Waals surface area contributed by atoms with Gasteiger partial charge in [-0.05, 0) is 32.6 Å². The summed E-state index contributed by atoms with van der Waals surface area (Å²) in [5, 5.41) is 0. The van der Waals surface area contributed by atoms with Gasteiger partial charge in [0.1, 0.15) is 0 Å². The Hall–Kier alpha value is -0.790. The zero-order valence-corrected chi connectivity index (χ0v) is 9.92. The van der Waals surface area contributed by atoms with Crippen LogP contribution in [0.2, 0.25) is 0 Å². The highest BCUT2D eigenvalue weighted by atomic mass is 16.5. The minimum absolute atomic E-state index is 0.105. The van der Waals surface area contributed by atoms with Crippen molar-refractivity contribution in [2.24, 2.45) is 5.92 Å². The van der Waals surface area contributed by atoms with Gasteiger partial charge in [-0.15, -0.1) is 0 Å². The lowest BCUT2D eigenvalue weighted by molar-refractivity contribution is -0.139. The van der Waals surface area contributed by atoms with Crippen LogP contribution < -0.4 is 0 Å². The lowest BCUT2D eigenvalue weighted by Gasteiger charge is -2.16. The van der Waals surface area contributed by atoms with Crippen molar-refractivity contribution >= 4 is 5.97 Å². The first kappa shape index (κ1) is 12.3. The Bertz CT molecular complexity index is 223. The van der Waals surface area contributed by atoms with Gasteiger partial charge < -0.3 is 4.74 Å². The van der Waals surface area contributed by atoms with Crippen LogP contribution in [0.25, 0.3) is 0 Å². The fraction of sp³-hybridized carbons (Fsp3) is 0.769. The van der Waals surface area contributed by atoms with Crippen molar-refractivity contribution in [3.8, 4) is 0 Å². The normalized spacial score (nSPS) is 19.7. The Morgan fingerprint density at radius 2 is 1.87 bits per heavy atom. The molecule has 1 rings (SSSR count). The number of hydrogen-bond acceptors (Lipinski definition) is 2. The van der Waals surface area contributed by atoms with Gasteiger partial charge in [0.25, 0.3) is 0 Å². The van der Waals surface area contributed by atoms with Crippen LogP contribution in [-0.4, -0.2) is 12.6 Å². The molecule has 0 heterocycles. The molecule has 0 aromatic carbocycles. The van der Waals surface area contributed by atoms with Crippen LogP contribution in [0.15, 0.2) is 11.6 Å². The van der Waals surface area contributed by atoms with Crippen molar-refractivity contribution in [2.45, 2.75) is 52.4 Å². The second-order valence-electron chi connectivity index (χ2n) is 4.15. The van der Waals surface area contributed by atoms with E-state index in [2.05, 4.69) is 0 Å². The van der Waals surface area contributed by atoms with Crippen LogP contribution in [-0.2, 0) is 9.53 Å². The van der Waals surface area contributed by atoms with E-state index in [0.29, 0.717) is 12.5 Å². The molecule has 0 spiro atoms. The van der Waals surface area contributed by atoms with Gasteiger partial charge in [-0.25, -0.2) is 4.79 Å². The quantitative estimate of drug-likeness (QED) is 0.405. The predicted molar refractivity (Wildman–Crippen MR) is 61.6 cm³/mol. The summed E-state index contributed by atoms with van der Waals surface area (Å²) in [7, 11) is 0. The van der Waals surface area contributed by atoms with E-state index in [9.17, 15) is 4.79 Å². The third-order valence-electron chi connectivity index (χ3n) is 3.12. The molecule has 0 aromatic rings. The number of hydrogen-bond donors (Lipinski definition) is 0. The molecular weight excluding hydrogens is 188 g/mol. The van der Waals surface area contributed by atoms with Crippen molar-refractivity contribution in [1.29, 1.82) is 0 Å². The van der Waals surface area contributed by atoms with Crippen LogP contribution in [0.1, 0.15) is 52.4 Å². The van der Waals surface area contributed by atoms with E-state index in [0.717, 1.165) is 18.4 Å². The number of allylic oxidation sites excluding steroid dienone is 1. The van der Waals surface area contributed by atoms with Crippen LogP contribution >= 0.6 is 0 Å². The van der Waals surface area contributed by atoms with E-state index in [1.807, 2.05) is 19.9 Å². The van der Waals surface area contributed by atoms with Crippen LogP contribution in [0.5, 0.6) is 0 Å². The molecule has 2 nitrogen and oxygen atoms in total. The maximum Gasteiger partial charge on any atom is 0.333 e. The Balaban J connectivity index is 2.60. The molecule has 0 amide bonds. The fourth-order valence-electron chi connectivity index (χ4n) is 2.33. The van der Waals surface area contributed by atoms with Gasteiger partial charge in [0.15, 0.2) is 0 Å². The number of carbonyl (C=O) groups excluding carboxylic acids is 1. The second kappa shape index (κ2) is 6.65. The largest absolute Gasteiger partial charge is 0.463 e. The molecule has 1 aliphatic carbocycles. The molecule has 15 heavy (non-hydrogen) atoms. The molecular formula is C13H22O2. The first-order valence-corrected chi connectivity index (χ1v) is 6.13. The molecule has 1 fully saturated rings. The van der Waals surface area contributed by atoms with Gasteiger partial charge in [0, 0.05) is 5.57 Å². The molecule has 0 N–H and O–H groups in total. The van der Waals surface area contributed by atoms with Crippen molar-refractivity contribution in [3.63, 3.8) is 0 Å². The Labute approximate surface area is 92.7 Å². The first-order chi connectivity index (χ1) is 7.29. The van der Waals surface area contributed by atoms with E-state index < -0.39 is 0 Å². The summed E-state index contributed by atoms with van der Waals surface area (Å²) in [4.78, 5) is 11.7. The van der Waals surface area contributed by atoms with Crippen molar-refractivity contribution in [1.82, 2.24) is 0 Å². The highest BCUT2D eigenvalue weighted by molar-refractivity contribution is 5.88. The number of carbonyl (C=O) groups is 1. The molecule has 0 aromatic heterocycles. The van der Waals surface area contributed by atoms with Crippen molar-refractivity contribution in [2.75, 3.05) is 6.61 Å². The fourth-order valence-corrected chi connectivity index (χ4v) is 2.33. The zero-order valence-electron chi connectivity index (χ0n) is 9.92. The molecule has 0 unspecified atom stereocenters. The third-order valence-corrected chi connectivity index (χ3v) is 3.12. The van der Waals surface area contributed by atoms with Crippen LogP contribution in [0.3, 0.4) is 0 Å². The lowest BCUT2D eigenvalue weighted by atomic mass is 9.91. The Morgan fingerprint density at radius 1 is 1.27 bits per heavy atom. The van der Waals surface area contributed by atoms with E-state index in [-0.39, 0.29) is 5.97 Å². The summed E-state index contributed by atoms with van der Waals surface area (Å²) in [5.41, 5.74) is 0.902. The summed E-state index contributed by atoms with van der Waals surface area (Å²) < 4.78 is 5.08. The monoisotopic (exact) mass is 210 g/mol. The Kier molecular flexibility index (Phi) is 5.44. The van der Waals surface area contributed by atoms with E-state index in [1.54, 1.807) is 0 Å². The van der Waals surface area contributed by atoms with Gasteiger partial charge in [0.2, 0.25) is 0 Å². The van der Waals surface area contributed by atoms with Crippen molar-refractivity contribution < 1.29 is 9.53 Å². The molecule has 1 saturated carbocycles. The molecule has 1 aliphatic rings. The summed E-state index contributed by atoms with van der Waals surface area (Å²) in [6, 6.07) is 0. The third kappa shape index (κ3) is 3.69. The van der Waals surface area contributed by atoms with Gasteiger partial charge in [0.05, 0.1) is 6.61 Å². The van der Waals surface area contributed by atoms with Gasteiger partial charge >= 0.3 is 5.97 Å².